The Bertz CT molecular complexity index is 468. The van der Waals surface area contributed by atoms with Gasteiger partial charge in [-0.1, -0.05) is 23.8 Å². The van der Waals surface area contributed by atoms with E-state index in [1.54, 1.807) is 0 Å². The summed E-state index contributed by atoms with van der Waals surface area (Å²) in [5, 5.41) is 0. The molecule has 0 saturated heterocycles. The van der Waals surface area contributed by atoms with Crippen molar-refractivity contribution in [2.24, 2.45) is 0 Å². The standard InChI is InChI=1S/C16H21ClO/c1-11-5-7-14(12(2)9-11)13-6-8-15(18-10-13)16(3,4)17/h5,7,9-10,15H,6,8H2,1-4H3. The number of hydrogen-bond donors (Lipinski definition) is 0. The van der Waals surface area contributed by atoms with E-state index in [0.29, 0.717) is 0 Å². The van der Waals surface area contributed by atoms with Crippen molar-refractivity contribution >= 4 is 17.2 Å². The van der Waals surface area contributed by atoms with E-state index in [1.807, 2.05) is 20.1 Å². The van der Waals surface area contributed by atoms with E-state index in [1.165, 1.54) is 22.3 Å². The first kappa shape index (κ1) is 13.5. The van der Waals surface area contributed by atoms with Crippen LogP contribution in [0.3, 0.4) is 0 Å². The molecule has 1 heterocycles. The number of rotatable bonds is 2. The molecule has 1 aromatic carbocycles. The number of ether oxygens (including phenoxy) is 1. The second-order valence-corrected chi connectivity index (χ2v) is 6.66. The Kier molecular flexibility index (Phi) is 3.72. The van der Waals surface area contributed by atoms with Crippen molar-refractivity contribution in [2.45, 2.75) is 51.5 Å². The average Bonchev–Trinajstić information content (AvgIpc) is 2.28. The van der Waals surface area contributed by atoms with Crippen molar-refractivity contribution in [1.82, 2.24) is 0 Å². The lowest BCUT2D eigenvalue weighted by Gasteiger charge is -2.31. The van der Waals surface area contributed by atoms with E-state index in [2.05, 4.69) is 32.0 Å². The Morgan fingerprint density at radius 3 is 2.50 bits per heavy atom. The number of allylic oxidation sites excluding steroid dienone is 1. The fraction of sp³-hybridized carbons (Fsp3) is 0.500. The van der Waals surface area contributed by atoms with Crippen LogP contribution in [-0.4, -0.2) is 11.0 Å². The number of hydrogen-bond acceptors (Lipinski definition) is 1. The van der Waals surface area contributed by atoms with Crippen LogP contribution in [0.1, 0.15) is 43.4 Å². The van der Waals surface area contributed by atoms with Crippen LogP contribution < -0.4 is 0 Å². The Morgan fingerprint density at radius 1 is 1.28 bits per heavy atom. The van der Waals surface area contributed by atoms with Crippen LogP contribution in [0.2, 0.25) is 0 Å². The Labute approximate surface area is 115 Å². The first-order chi connectivity index (χ1) is 8.38. The van der Waals surface area contributed by atoms with Gasteiger partial charge in [0.1, 0.15) is 6.10 Å². The quantitative estimate of drug-likeness (QED) is 0.695. The number of benzene rings is 1. The van der Waals surface area contributed by atoms with E-state index in [-0.39, 0.29) is 11.0 Å². The highest BCUT2D eigenvalue weighted by molar-refractivity contribution is 6.23. The van der Waals surface area contributed by atoms with Gasteiger partial charge in [-0.15, -0.1) is 11.6 Å². The zero-order chi connectivity index (χ0) is 13.3. The molecule has 0 amide bonds. The van der Waals surface area contributed by atoms with Gasteiger partial charge in [-0.05, 0) is 57.2 Å². The molecule has 1 aromatic rings. The molecule has 0 bridgehead atoms. The van der Waals surface area contributed by atoms with Gasteiger partial charge in [0, 0.05) is 0 Å². The summed E-state index contributed by atoms with van der Waals surface area (Å²) < 4.78 is 5.80. The van der Waals surface area contributed by atoms with Gasteiger partial charge in [0.05, 0.1) is 11.1 Å². The Balaban J connectivity index is 2.19. The van der Waals surface area contributed by atoms with E-state index < -0.39 is 0 Å². The summed E-state index contributed by atoms with van der Waals surface area (Å²) in [6.45, 7) is 8.29. The molecule has 1 aliphatic heterocycles. The van der Waals surface area contributed by atoms with Gasteiger partial charge >= 0.3 is 0 Å². The van der Waals surface area contributed by atoms with Gasteiger partial charge in [0.15, 0.2) is 0 Å². The summed E-state index contributed by atoms with van der Waals surface area (Å²) in [5.41, 5.74) is 5.19. The molecule has 0 fully saturated rings. The lowest BCUT2D eigenvalue weighted by molar-refractivity contribution is 0.0975. The van der Waals surface area contributed by atoms with E-state index >= 15 is 0 Å². The summed E-state index contributed by atoms with van der Waals surface area (Å²) in [7, 11) is 0. The highest BCUT2D eigenvalue weighted by Gasteiger charge is 2.30. The van der Waals surface area contributed by atoms with E-state index in [9.17, 15) is 0 Å². The van der Waals surface area contributed by atoms with Crippen LogP contribution in [0.5, 0.6) is 0 Å². The van der Waals surface area contributed by atoms with Crippen LogP contribution in [0.15, 0.2) is 24.5 Å². The maximum Gasteiger partial charge on any atom is 0.117 e. The predicted molar refractivity (Wildman–Crippen MR) is 77.9 cm³/mol. The van der Waals surface area contributed by atoms with Gasteiger partial charge in [-0.3, -0.25) is 0 Å². The number of alkyl halides is 1. The molecule has 1 unspecified atom stereocenters. The van der Waals surface area contributed by atoms with Crippen molar-refractivity contribution in [3.8, 4) is 0 Å². The minimum atomic E-state index is -0.301. The lowest BCUT2D eigenvalue weighted by Crippen LogP contribution is -2.33. The SMILES string of the molecule is Cc1ccc(C2=COC(C(C)(C)Cl)CC2)c(C)c1. The van der Waals surface area contributed by atoms with Crippen molar-refractivity contribution < 1.29 is 4.74 Å². The molecule has 98 valence electrons. The molecule has 0 saturated carbocycles. The van der Waals surface area contributed by atoms with Crippen LogP contribution >= 0.6 is 11.6 Å². The molecule has 1 nitrogen and oxygen atoms in total. The summed E-state index contributed by atoms with van der Waals surface area (Å²) >= 11 is 6.30. The number of aryl methyl sites for hydroxylation is 2. The van der Waals surface area contributed by atoms with Crippen LogP contribution in [0.4, 0.5) is 0 Å². The van der Waals surface area contributed by atoms with Crippen LogP contribution in [0.25, 0.3) is 5.57 Å². The number of halogens is 1. The van der Waals surface area contributed by atoms with Crippen LogP contribution in [0, 0.1) is 13.8 Å². The minimum absolute atomic E-state index is 0.105. The first-order valence-corrected chi connectivity index (χ1v) is 6.87. The van der Waals surface area contributed by atoms with Crippen molar-refractivity contribution in [3.63, 3.8) is 0 Å². The van der Waals surface area contributed by atoms with Crippen molar-refractivity contribution in [3.05, 3.63) is 41.2 Å². The summed E-state index contributed by atoms with van der Waals surface area (Å²) in [6, 6.07) is 6.56. The van der Waals surface area contributed by atoms with Crippen molar-refractivity contribution in [1.29, 1.82) is 0 Å². The molecule has 0 N–H and O–H groups in total. The third-order valence-electron chi connectivity index (χ3n) is 3.54. The van der Waals surface area contributed by atoms with Gasteiger partial charge < -0.3 is 4.74 Å². The normalized spacial score (nSPS) is 20.3. The van der Waals surface area contributed by atoms with Gasteiger partial charge in [0.25, 0.3) is 0 Å². The summed E-state index contributed by atoms with van der Waals surface area (Å²) in [5.74, 6) is 0. The highest BCUT2D eigenvalue weighted by atomic mass is 35.5. The molecule has 2 heteroatoms. The molecule has 1 aliphatic rings. The van der Waals surface area contributed by atoms with Gasteiger partial charge in [-0.2, -0.15) is 0 Å². The third kappa shape index (κ3) is 2.89. The smallest absolute Gasteiger partial charge is 0.117 e. The molecule has 0 aromatic heterocycles. The average molecular weight is 265 g/mol. The molecule has 18 heavy (non-hydrogen) atoms. The maximum atomic E-state index is 6.30. The lowest BCUT2D eigenvalue weighted by atomic mass is 9.91. The van der Waals surface area contributed by atoms with E-state index in [0.717, 1.165) is 12.8 Å². The van der Waals surface area contributed by atoms with Gasteiger partial charge in [-0.25, -0.2) is 0 Å². The molecule has 2 rings (SSSR count). The maximum absolute atomic E-state index is 6.30. The summed E-state index contributed by atoms with van der Waals surface area (Å²) in [6.07, 6.45) is 4.02. The first-order valence-electron chi connectivity index (χ1n) is 6.49. The van der Waals surface area contributed by atoms with Gasteiger partial charge in [0.2, 0.25) is 0 Å². The largest absolute Gasteiger partial charge is 0.496 e. The molecule has 0 aliphatic carbocycles. The third-order valence-corrected chi connectivity index (χ3v) is 3.79. The van der Waals surface area contributed by atoms with Crippen LogP contribution in [-0.2, 0) is 4.74 Å². The highest BCUT2D eigenvalue weighted by Crippen LogP contribution is 2.34. The monoisotopic (exact) mass is 264 g/mol. The zero-order valence-electron chi connectivity index (χ0n) is 11.6. The van der Waals surface area contributed by atoms with E-state index in [4.69, 9.17) is 16.3 Å². The Morgan fingerprint density at radius 2 is 2.00 bits per heavy atom. The topological polar surface area (TPSA) is 9.23 Å². The molecule has 1 atom stereocenters. The molecule has 0 radical (unpaired) electrons. The summed E-state index contributed by atoms with van der Waals surface area (Å²) in [4.78, 5) is -0.301. The minimum Gasteiger partial charge on any atom is -0.496 e. The molecular formula is C16H21ClO. The fourth-order valence-corrected chi connectivity index (χ4v) is 2.62. The second kappa shape index (κ2) is 4.97. The predicted octanol–water partition coefficient (Wildman–Crippen LogP) is 4.84. The Hall–Kier alpha value is -0.950. The molecule has 0 spiro atoms. The van der Waals surface area contributed by atoms with Crippen molar-refractivity contribution in [2.75, 3.05) is 0 Å². The zero-order valence-corrected chi connectivity index (χ0v) is 12.3. The fourth-order valence-electron chi connectivity index (χ4n) is 2.45. The molecular weight excluding hydrogens is 244 g/mol. The second-order valence-electron chi connectivity index (χ2n) is 5.69.